The van der Waals surface area contributed by atoms with Crippen molar-refractivity contribution in [2.45, 2.75) is 60.8 Å². The minimum atomic E-state index is 0.477. The second-order valence-electron chi connectivity index (χ2n) is 5.88. The minimum absolute atomic E-state index is 0.477. The van der Waals surface area contributed by atoms with Gasteiger partial charge in [0.05, 0.1) is 0 Å². The summed E-state index contributed by atoms with van der Waals surface area (Å²) in [5, 5.41) is 3.51. The van der Waals surface area contributed by atoms with Crippen molar-refractivity contribution in [1.29, 1.82) is 0 Å². The number of hydrogen-bond acceptors (Lipinski definition) is 1. The highest BCUT2D eigenvalue weighted by Crippen LogP contribution is 2.32. The summed E-state index contributed by atoms with van der Waals surface area (Å²) in [5.41, 5.74) is 0.477. The molecule has 0 bridgehead atoms. The van der Waals surface area contributed by atoms with Crippen molar-refractivity contribution in [2.75, 3.05) is 13.1 Å². The first-order valence-corrected chi connectivity index (χ1v) is 6.63. The van der Waals surface area contributed by atoms with Crippen LogP contribution in [-0.4, -0.2) is 13.1 Å². The smallest absolute Gasteiger partial charge is 0.000749 e. The van der Waals surface area contributed by atoms with Gasteiger partial charge in [0, 0.05) is 6.54 Å². The van der Waals surface area contributed by atoms with E-state index in [1.807, 2.05) is 0 Å². The Kier molecular flexibility index (Phi) is 7.25. The molecule has 0 saturated carbocycles. The molecule has 1 heteroatoms. The quantitative estimate of drug-likeness (QED) is 0.640. The number of nitrogens with one attached hydrogen (secondary N) is 1. The van der Waals surface area contributed by atoms with Crippen LogP contribution in [0.4, 0.5) is 0 Å². The first kappa shape index (κ1) is 15.0. The Hall–Kier alpha value is -0.0400. The maximum absolute atomic E-state index is 3.51. The Morgan fingerprint density at radius 1 is 1.13 bits per heavy atom. The monoisotopic (exact) mass is 213 g/mol. The maximum Gasteiger partial charge on any atom is 0.000749 e. The van der Waals surface area contributed by atoms with Crippen LogP contribution in [0.3, 0.4) is 0 Å². The Bertz CT molecular complexity index is 151. The third-order valence-electron chi connectivity index (χ3n) is 3.70. The van der Waals surface area contributed by atoms with Crippen LogP contribution in [0, 0.1) is 17.3 Å². The first-order valence-electron chi connectivity index (χ1n) is 6.63. The zero-order valence-corrected chi connectivity index (χ0v) is 11.7. The summed E-state index contributed by atoms with van der Waals surface area (Å²) in [5.74, 6) is 1.62. The summed E-state index contributed by atoms with van der Waals surface area (Å²) in [6.45, 7) is 16.2. The molecule has 0 heterocycles. The average Bonchev–Trinajstić information content (AvgIpc) is 2.14. The van der Waals surface area contributed by atoms with Crippen molar-refractivity contribution in [2.24, 2.45) is 17.3 Å². The zero-order chi connectivity index (χ0) is 11.9. The molecular formula is C14H31N. The molecule has 1 atom stereocenters. The van der Waals surface area contributed by atoms with E-state index in [-0.39, 0.29) is 0 Å². The topological polar surface area (TPSA) is 12.0 Å². The lowest BCUT2D eigenvalue weighted by Crippen LogP contribution is -2.36. The van der Waals surface area contributed by atoms with Crippen LogP contribution >= 0.6 is 0 Å². The van der Waals surface area contributed by atoms with Crippen molar-refractivity contribution in [3.63, 3.8) is 0 Å². The molecule has 0 aromatic heterocycles. The molecule has 0 aliphatic carbocycles. The van der Waals surface area contributed by atoms with E-state index in [9.17, 15) is 0 Å². The Balaban J connectivity index is 4.01. The fourth-order valence-corrected chi connectivity index (χ4v) is 1.91. The van der Waals surface area contributed by atoms with Gasteiger partial charge in [0.1, 0.15) is 0 Å². The van der Waals surface area contributed by atoms with Gasteiger partial charge in [-0.2, -0.15) is 0 Å². The highest BCUT2D eigenvalue weighted by molar-refractivity contribution is 4.80. The van der Waals surface area contributed by atoms with Gasteiger partial charge in [-0.1, -0.05) is 54.4 Å². The predicted molar refractivity (Wildman–Crippen MR) is 70.2 cm³/mol. The molecule has 0 spiro atoms. The van der Waals surface area contributed by atoms with E-state index < -0.39 is 0 Å². The van der Waals surface area contributed by atoms with E-state index in [0.29, 0.717) is 5.41 Å². The molecule has 1 nitrogen and oxygen atoms in total. The van der Waals surface area contributed by atoms with Crippen LogP contribution in [-0.2, 0) is 0 Å². The van der Waals surface area contributed by atoms with Crippen LogP contribution < -0.4 is 5.32 Å². The lowest BCUT2D eigenvalue weighted by atomic mass is 9.74. The fraction of sp³-hybridized carbons (Fsp3) is 1.00. The van der Waals surface area contributed by atoms with Crippen molar-refractivity contribution in [3.05, 3.63) is 0 Å². The fourth-order valence-electron chi connectivity index (χ4n) is 1.91. The Morgan fingerprint density at radius 2 is 1.73 bits per heavy atom. The van der Waals surface area contributed by atoms with Gasteiger partial charge in [-0.25, -0.2) is 0 Å². The summed E-state index contributed by atoms with van der Waals surface area (Å²) in [6.07, 6.45) is 4.10. The van der Waals surface area contributed by atoms with Crippen LogP contribution in [0.15, 0.2) is 0 Å². The molecule has 1 unspecified atom stereocenters. The lowest BCUT2D eigenvalue weighted by molar-refractivity contribution is 0.184. The molecule has 0 aromatic carbocycles. The molecule has 0 aliphatic rings. The summed E-state index contributed by atoms with van der Waals surface area (Å²) in [4.78, 5) is 0. The van der Waals surface area contributed by atoms with Gasteiger partial charge in [-0.15, -0.1) is 0 Å². The molecule has 92 valence electrons. The molecule has 0 rings (SSSR count). The molecular weight excluding hydrogens is 182 g/mol. The van der Waals surface area contributed by atoms with Gasteiger partial charge in [0.15, 0.2) is 0 Å². The normalized spacial score (nSPS) is 16.0. The first-order chi connectivity index (χ1) is 6.92. The molecule has 0 aromatic rings. The van der Waals surface area contributed by atoms with E-state index in [1.54, 1.807) is 0 Å². The second-order valence-corrected chi connectivity index (χ2v) is 5.88. The SMILES string of the molecule is CCNCC(C)(CCCC(C)C)C(C)C. The summed E-state index contributed by atoms with van der Waals surface area (Å²) >= 11 is 0. The van der Waals surface area contributed by atoms with Gasteiger partial charge in [-0.05, 0) is 30.2 Å². The molecule has 0 saturated heterocycles. The highest BCUT2D eigenvalue weighted by Gasteiger charge is 2.27. The summed E-state index contributed by atoms with van der Waals surface area (Å²) < 4.78 is 0. The van der Waals surface area contributed by atoms with Crippen molar-refractivity contribution in [3.8, 4) is 0 Å². The third kappa shape index (κ3) is 6.19. The van der Waals surface area contributed by atoms with E-state index in [1.165, 1.54) is 25.8 Å². The molecule has 0 amide bonds. The van der Waals surface area contributed by atoms with Crippen molar-refractivity contribution < 1.29 is 0 Å². The third-order valence-corrected chi connectivity index (χ3v) is 3.70. The zero-order valence-electron chi connectivity index (χ0n) is 11.7. The molecule has 0 aliphatic heterocycles. The van der Waals surface area contributed by atoms with E-state index in [0.717, 1.165) is 18.4 Å². The Morgan fingerprint density at radius 3 is 2.13 bits per heavy atom. The van der Waals surface area contributed by atoms with Crippen molar-refractivity contribution >= 4 is 0 Å². The molecule has 1 N–H and O–H groups in total. The largest absolute Gasteiger partial charge is 0.316 e. The van der Waals surface area contributed by atoms with Crippen LogP contribution in [0.2, 0.25) is 0 Å². The van der Waals surface area contributed by atoms with Gasteiger partial charge >= 0.3 is 0 Å². The molecule has 0 fully saturated rings. The summed E-state index contributed by atoms with van der Waals surface area (Å²) in [7, 11) is 0. The van der Waals surface area contributed by atoms with Gasteiger partial charge in [0.2, 0.25) is 0 Å². The van der Waals surface area contributed by atoms with Crippen LogP contribution in [0.25, 0.3) is 0 Å². The van der Waals surface area contributed by atoms with Gasteiger partial charge in [0.25, 0.3) is 0 Å². The predicted octanol–water partition coefficient (Wildman–Crippen LogP) is 4.08. The van der Waals surface area contributed by atoms with Crippen LogP contribution in [0.5, 0.6) is 0 Å². The van der Waals surface area contributed by atoms with Crippen LogP contribution in [0.1, 0.15) is 60.8 Å². The number of hydrogen-bond donors (Lipinski definition) is 1. The highest BCUT2D eigenvalue weighted by atomic mass is 14.9. The van der Waals surface area contributed by atoms with Crippen molar-refractivity contribution in [1.82, 2.24) is 5.32 Å². The molecule has 0 radical (unpaired) electrons. The summed E-state index contributed by atoms with van der Waals surface area (Å²) in [6, 6.07) is 0. The van der Waals surface area contributed by atoms with E-state index in [2.05, 4.69) is 46.9 Å². The standard InChI is InChI=1S/C14H31N/c1-7-15-11-14(6,13(4)5)10-8-9-12(2)3/h12-13,15H,7-11H2,1-6H3. The van der Waals surface area contributed by atoms with Gasteiger partial charge < -0.3 is 5.32 Å². The lowest BCUT2D eigenvalue weighted by Gasteiger charge is -2.34. The number of rotatable bonds is 8. The van der Waals surface area contributed by atoms with E-state index in [4.69, 9.17) is 0 Å². The average molecular weight is 213 g/mol. The minimum Gasteiger partial charge on any atom is -0.316 e. The maximum atomic E-state index is 3.51. The second kappa shape index (κ2) is 7.27. The van der Waals surface area contributed by atoms with Gasteiger partial charge in [-0.3, -0.25) is 0 Å². The van der Waals surface area contributed by atoms with E-state index >= 15 is 0 Å². The Labute approximate surface area is 97.0 Å². The molecule has 15 heavy (non-hydrogen) atoms.